The summed E-state index contributed by atoms with van der Waals surface area (Å²) in [6, 6.07) is 13.0. The van der Waals surface area contributed by atoms with Crippen LogP contribution in [0, 0.1) is 24.1 Å². The third-order valence-corrected chi connectivity index (χ3v) is 4.95. The van der Waals surface area contributed by atoms with Gasteiger partial charge in [-0.2, -0.15) is 5.26 Å². The number of nitrogens with zero attached hydrogens (tertiary/aromatic N) is 3. The van der Waals surface area contributed by atoms with E-state index in [9.17, 15) is 19.6 Å². The van der Waals surface area contributed by atoms with Crippen molar-refractivity contribution in [1.29, 1.82) is 5.26 Å². The van der Waals surface area contributed by atoms with Crippen molar-refractivity contribution in [3.8, 4) is 17.3 Å². The summed E-state index contributed by atoms with van der Waals surface area (Å²) in [6.45, 7) is 0.820. The molecule has 10 heteroatoms. The molecule has 0 radical (unpaired) electrons. The second kappa shape index (κ2) is 8.53. The lowest BCUT2D eigenvalue weighted by Crippen LogP contribution is -2.11. The van der Waals surface area contributed by atoms with E-state index in [2.05, 4.69) is 15.1 Å². The Labute approximate surface area is 185 Å². The quantitative estimate of drug-likeness (QED) is 0.249. The average molecular weight is 453 g/mol. The van der Waals surface area contributed by atoms with Gasteiger partial charge in [0.05, 0.1) is 21.6 Å². The van der Waals surface area contributed by atoms with Gasteiger partial charge in [-0.1, -0.05) is 35.0 Å². The van der Waals surface area contributed by atoms with Crippen LogP contribution in [0.1, 0.15) is 21.9 Å². The van der Waals surface area contributed by atoms with Crippen LogP contribution >= 0.6 is 11.6 Å². The second-order valence-electron chi connectivity index (χ2n) is 6.67. The lowest BCUT2D eigenvalue weighted by Gasteiger charge is -2.07. The Balaban J connectivity index is 1.61. The third kappa shape index (κ3) is 3.79. The molecule has 0 saturated heterocycles. The molecule has 4 aromatic rings. The molecular weight excluding hydrogens is 439 g/mol. The third-order valence-electron chi connectivity index (χ3n) is 4.63. The van der Waals surface area contributed by atoms with E-state index < -0.39 is 24.2 Å². The Bertz CT molecular complexity index is 1360. The summed E-state index contributed by atoms with van der Waals surface area (Å²) in [5, 5.41) is 23.6. The number of esters is 1. The number of fused-ring (bicyclic) bond motifs is 1. The van der Waals surface area contributed by atoms with Crippen LogP contribution in [0.15, 0.2) is 52.7 Å². The van der Waals surface area contributed by atoms with E-state index in [1.807, 2.05) is 6.07 Å². The minimum Gasteiger partial charge on any atom is -0.507 e. The summed E-state index contributed by atoms with van der Waals surface area (Å²) in [5.74, 6) is -1.95. The number of carbonyl (C=O) groups excluding carboxylic acids is 1. The number of allylic oxidation sites excluding steroid dienone is 1. The summed E-state index contributed by atoms with van der Waals surface area (Å²) in [5.41, 5.74) is 0.702. The normalized spacial score (nSPS) is 11.8. The Morgan fingerprint density at radius 3 is 2.81 bits per heavy atom. The average Bonchev–Trinajstić information content (AvgIpc) is 3.36. The molecule has 0 aliphatic rings. The molecule has 8 nitrogen and oxygen atoms in total. The molecule has 0 unspecified atom stereocenters. The summed E-state index contributed by atoms with van der Waals surface area (Å²) in [4.78, 5) is 19.9. The number of imidazole rings is 1. The molecule has 0 fully saturated rings. The predicted octanol–water partition coefficient (Wildman–Crippen LogP) is 4.97. The van der Waals surface area contributed by atoms with E-state index in [0.29, 0.717) is 11.0 Å². The molecule has 0 atom stereocenters. The zero-order chi connectivity index (χ0) is 22.8. The molecule has 160 valence electrons. The molecule has 0 bridgehead atoms. The van der Waals surface area contributed by atoms with Crippen molar-refractivity contribution in [2.24, 2.45) is 0 Å². The van der Waals surface area contributed by atoms with Gasteiger partial charge in [0.1, 0.15) is 41.1 Å². The number of benzene rings is 2. The number of carbonyl (C=O) groups is 1. The first-order chi connectivity index (χ1) is 15.4. The Kier molecular flexibility index (Phi) is 5.62. The van der Waals surface area contributed by atoms with Gasteiger partial charge in [0.15, 0.2) is 11.6 Å². The molecule has 2 aromatic heterocycles. The van der Waals surface area contributed by atoms with Gasteiger partial charge in [-0.25, -0.2) is 14.2 Å². The smallest absolute Gasteiger partial charge is 0.344 e. The van der Waals surface area contributed by atoms with Crippen LogP contribution in [0.5, 0.6) is 0 Å². The molecule has 0 saturated carbocycles. The number of nitriles is 1. The molecule has 2 heterocycles. The first-order valence-electron chi connectivity index (χ1n) is 9.25. The van der Waals surface area contributed by atoms with E-state index in [1.54, 1.807) is 24.3 Å². The fourth-order valence-electron chi connectivity index (χ4n) is 3.11. The van der Waals surface area contributed by atoms with Crippen molar-refractivity contribution in [3.63, 3.8) is 0 Å². The maximum atomic E-state index is 14.3. The Morgan fingerprint density at radius 2 is 2.09 bits per heavy atom. The zero-order valence-corrected chi connectivity index (χ0v) is 17.3. The van der Waals surface area contributed by atoms with Crippen molar-refractivity contribution in [1.82, 2.24) is 15.1 Å². The maximum Gasteiger partial charge on any atom is 0.344 e. The van der Waals surface area contributed by atoms with E-state index in [-0.39, 0.29) is 39.0 Å². The van der Waals surface area contributed by atoms with Crippen LogP contribution in [0.4, 0.5) is 4.39 Å². The largest absolute Gasteiger partial charge is 0.507 e. The lowest BCUT2D eigenvalue weighted by atomic mass is 10.1. The fourth-order valence-corrected chi connectivity index (χ4v) is 3.36. The van der Waals surface area contributed by atoms with Crippen LogP contribution in [0.3, 0.4) is 0 Å². The highest BCUT2D eigenvalue weighted by molar-refractivity contribution is 6.33. The van der Waals surface area contributed by atoms with E-state index in [1.165, 1.54) is 25.1 Å². The summed E-state index contributed by atoms with van der Waals surface area (Å²) < 4.78 is 24.5. The molecule has 0 spiro atoms. The van der Waals surface area contributed by atoms with Gasteiger partial charge in [0.25, 0.3) is 0 Å². The van der Waals surface area contributed by atoms with Gasteiger partial charge in [-0.05, 0) is 31.2 Å². The monoisotopic (exact) mass is 452 g/mol. The van der Waals surface area contributed by atoms with Crippen molar-refractivity contribution in [2.45, 2.75) is 6.92 Å². The molecule has 32 heavy (non-hydrogen) atoms. The zero-order valence-electron chi connectivity index (χ0n) is 16.5. The maximum absolute atomic E-state index is 14.3. The Hall–Kier alpha value is -4.16. The number of hydrogen-bond donors (Lipinski definition) is 2. The van der Waals surface area contributed by atoms with Crippen molar-refractivity contribution < 1.29 is 23.6 Å². The number of aromatic nitrogens is 3. The van der Waals surface area contributed by atoms with E-state index >= 15 is 0 Å². The number of aryl methyl sites for hydroxylation is 1. The number of hydrogen-bond acceptors (Lipinski definition) is 7. The summed E-state index contributed by atoms with van der Waals surface area (Å²) >= 11 is 6.07. The Morgan fingerprint density at radius 1 is 1.31 bits per heavy atom. The number of nitrogens with one attached hydrogen (secondary N) is 1. The number of rotatable bonds is 5. The molecule has 0 amide bonds. The number of aliphatic hydroxyl groups excluding tert-OH is 1. The highest BCUT2D eigenvalue weighted by atomic mass is 35.5. The summed E-state index contributed by atoms with van der Waals surface area (Å²) in [6.07, 6.45) is 0. The molecule has 2 N–H and O–H groups in total. The van der Waals surface area contributed by atoms with Gasteiger partial charge < -0.3 is 19.4 Å². The van der Waals surface area contributed by atoms with Gasteiger partial charge in [-0.3, -0.25) is 0 Å². The standard InChI is InChI=1S/C22H14ClFN4O4/c1-11-18(20(28-32-11)19-13(23)5-4-6-14(19)24)22(30)31-10-17(29)12(9-25)21-26-15-7-2-3-8-16(15)27-21/h2-8,29H,10H2,1H3,(H,26,27). The van der Waals surface area contributed by atoms with Crippen LogP contribution < -0.4 is 0 Å². The van der Waals surface area contributed by atoms with Crippen LogP contribution in [-0.2, 0) is 4.74 Å². The second-order valence-corrected chi connectivity index (χ2v) is 7.08. The first kappa shape index (κ1) is 21.1. The SMILES string of the molecule is Cc1onc(-c2c(F)cccc2Cl)c1C(=O)OCC(O)=C(C#N)c1nc2ccccc2[nH]1. The number of aromatic amines is 1. The highest BCUT2D eigenvalue weighted by Gasteiger charge is 2.27. The number of halogens is 2. The summed E-state index contributed by atoms with van der Waals surface area (Å²) in [7, 11) is 0. The predicted molar refractivity (Wildman–Crippen MR) is 113 cm³/mol. The van der Waals surface area contributed by atoms with Gasteiger partial charge >= 0.3 is 5.97 Å². The number of para-hydroxylation sites is 2. The van der Waals surface area contributed by atoms with Crippen molar-refractivity contribution >= 4 is 34.2 Å². The minimum atomic E-state index is -0.938. The van der Waals surface area contributed by atoms with E-state index in [0.717, 1.165) is 0 Å². The van der Waals surface area contributed by atoms with Gasteiger partial charge in [0, 0.05) is 0 Å². The number of aliphatic hydroxyl groups is 1. The lowest BCUT2D eigenvalue weighted by molar-refractivity contribution is 0.0501. The molecule has 4 rings (SSSR count). The van der Waals surface area contributed by atoms with Crippen LogP contribution in [0.25, 0.3) is 27.9 Å². The molecule has 0 aliphatic heterocycles. The molecule has 0 aliphatic carbocycles. The van der Waals surface area contributed by atoms with E-state index in [4.69, 9.17) is 20.9 Å². The topological polar surface area (TPSA) is 125 Å². The van der Waals surface area contributed by atoms with Crippen LogP contribution in [0.2, 0.25) is 5.02 Å². The van der Waals surface area contributed by atoms with Gasteiger partial charge in [-0.15, -0.1) is 0 Å². The molecule has 2 aromatic carbocycles. The first-order valence-corrected chi connectivity index (χ1v) is 9.63. The fraction of sp³-hybridized carbons (Fsp3) is 0.0909. The molecular formula is C22H14ClFN4O4. The minimum absolute atomic E-state index is 0.0340. The van der Waals surface area contributed by atoms with Crippen molar-refractivity contribution in [2.75, 3.05) is 6.61 Å². The van der Waals surface area contributed by atoms with Gasteiger partial charge in [0.2, 0.25) is 0 Å². The van der Waals surface area contributed by atoms with Crippen LogP contribution in [-0.4, -0.2) is 32.8 Å². The van der Waals surface area contributed by atoms with Crippen molar-refractivity contribution in [3.05, 3.63) is 76.2 Å². The number of ether oxygens (including phenoxy) is 1. The number of H-pyrrole nitrogens is 1. The highest BCUT2D eigenvalue weighted by Crippen LogP contribution is 2.33.